The predicted octanol–water partition coefficient (Wildman–Crippen LogP) is 2.28. The summed E-state index contributed by atoms with van der Waals surface area (Å²) in [4.78, 5) is 21.9. The Labute approximate surface area is 122 Å². The van der Waals surface area contributed by atoms with Crippen LogP contribution in [-0.2, 0) is 9.53 Å². The van der Waals surface area contributed by atoms with Gasteiger partial charge in [-0.15, -0.1) is 0 Å². The van der Waals surface area contributed by atoms with Crippen LogP contribution in [-0.4, -0.2) is 37.4 Å². The number of aromatic carboxylic acids is 1. The van der Waals surface area contributed by atoms with E-state index in [0.717, 1.165) is 6.08 Å². The van der Waals surface area contributed by atoms with Gasteiger partial charge in [0, 0.05) is 6.08 Å². The standard InChI is InChI=1S/C15H18O6/c1-3-13(16)20-9-4-5-10-21-14-11(15(17)18)7-6-8-12(14)19-2/h3,6-8H,1,4-5,9-10H2,2H3,(H,17,18). The zero-order valence-corrected chi connectivity index (χ0v) is 11.8. The van der Waals surface area contributed by atoms with Gasteiger partial charge in [0.15, 0.2) is 11.5 Å². The number of methoxy groups -OCH3 is 1. The first-order chi connectivity index (χ1) is 10.1. The van der Waals surface area contributed by atoms with E-state index in [0.29, 0.717) is 25.2 Å². The van der Waals surface area contributed by atoms with Gasteiger partial charge in [-0.05, 0) is 25.0 Å². The molecule has 0 radical (unpaired) electrons. The number of carboxylic acids is 1. The molecule has 0 aliphatic rings. The lowest BCUT2D eigenvalue weighted by Crippen LogP contribution is -2.08. The van der Waals surface area contributed by atoms with Crippen molar-refractivity contribution in [2.75, 3.05) is 20.3 Å². The van der Waals surface area contributed by atoms with Gasteiger partial charge in [-0.1, -0.05) is 12.6 Å². The maximum absolute atomic E-state index is 11.1. The summed E-state index contributed by atoms with van der Waals surface area (Å²) in [5.74, 6) is -0.971. The molecule has 0 atom stereocenters. The Morgan fingerprint density at radius 1 is 1.29 bits per heavy atom. The first-order valence-electron chi connectivity index (χ1n) is 6.42. The minimum absolute atomic E-state index is 0.0486. The van der Waals surface area contributed by atoms with Gasteiger partial charge in [0.25, 0.3) is 0 Å². The van der Waals surface area contributed by atoms with Gasteiger partial charge >= 0.3 is 11.9 Å². The largest absolute Gasteiger partial charge is 0.493 e. The highest BCUT2D eigenvalue weighted by molar-refractivity contribution is 5.92. The lowest BCUT2D eigenvalue weighted by atomic mass is 10.2. The van der Waals surface area contributed by atoms with Crippen LogP contribution in [0.3, 0.4) is 0 Å². The third kappa shape index (κ3) is 5.18. The van der Waals surface area contributed by atoms with Gasteiger partial charge in [0.2, 0.25) is 0 Å². The molecular weight excluding hydrogens is 276 g/mol. The van der Waals surface area contributed by atoms with Gasteiger partial charge in [-0.25, -0.2) is 9.59 Å². The Balaban J connectivity index is 2.49. The smallest absolute Gasteiger partial charge is 0.339 e. The quantitative estimate of drug-likeness (QED) is 0.427. The minimum Gasteiger partial charge on any atom is -0.493 e. The molecule has 0 unspecified atom stereocenters. The molecule has 1 aromatic rings. The number of esters is 1. The van der Waals surface area contributed by atoms with E-state index in [-0.39, 0.29) is 17.9 Å². The van der Waals surface area contributed by atoms with Crippen molar-refractivity contribution in [3.8, 4) is 11.5 Å². The van der Waals surface area contributed by atoms with Crippen LogP contribution in [0.2, 0.25) is 0 Å². The Kier molecular flexibility index (Phi) is 6.80. The van der Waals surface area contributed by atoms with Gasteiger partial charge in [-0.2, -0.15) is 0 Å². The number of hydrogen-bond acceptors (Lipinski definition) is 5. The van der Waals surface area contributed by atoms with Crippen LogP contribution < -0.4 is 9.47 Å². The van der Waals surface area contributed by atoms with Gasteiger partial charge < -0.3 is 19.3 Å². The molecular formula is C15H18O6. The zero-order chi connectivity index (χ0) is 15.7. The molecule has 0 saturated heterocycles. The molecule has 0 fully saturated rings. The fraction of sp³-hybridized carbons (Fsp3) is 0.333. The number of benzene rings is 1. The molecule has 0 aliphatic heterocycles. The van der Waals surface area contributed by atoms with E-state index in [9.17, 15) is 9.59 Å². The molecule has 0 aromatic heterocycles. The molecule has 1 aromatic carbocycles. The first-order valence-corrected chi connectivity index (χ1v) is 6.42. The second-order valence-electron chi connectivity index (χ2n) is 4.07. The first kappa shape index (κ1) is 16.6. The average Bonchev–Trinajstić information content (AvgIpc) is 2.49. The van der Waals surface area contributed by atoms with E-state index in [4.69, 9.17) is 19.3 Å². The normalized spacial score (nSPS) is 9.76. The van der Waals surface area contributed by atoms with Crippen LogP contribution in [0.25, 0.3) is 0 Å². The minimum atomic E-state index is -1.08. The average molecular weight is 294 g/mol. The summed E-state index contributed by atoms with van der Waals surface area (Å²) in [6.45, 7) is 3.86. The number of carboxylic acid groups (broad SMARTS) is 1. The predicted molar refractivity (Wildman–Crippen MR) is 75.8 cm³/mol. The van der Waals surface area contributed by atoms with E-state index in [1.54, 1.807) is 12.1 Å². The summed E-state index contributed by atoms with van der Waals surface area (Å²) >= 11 is 0. The summed E-state index contributed by atoms with van der Waals surface area (Å²) < 4.78 is 15.4. The van der Waals surface area contributed by atoms with Crippen LogP contribution in [0.1, 0.15) is 23.2 Å². The maximum Gasteiger partial charge on any atom is 0.339 e. The lowest BCUT2D eigenvalue weighted by molar-refractivity contribution is -0.137. The van der Waals surface area contributed by atoms with Gasteiger partial charge in [0.05, 0.1) is 20.3 Å². The number of para-hydroxylation sites is 1. The van der Waals surface area contributed by atoms with Crippen LogP contribution in [0.5, 0.6) is 11.5 Å². The number of ether oxygens (including phenoxy) is 3. The Bertz CT molecular complexity index is 509. The van der Waals surface area contributed by atoms with Gasteiger partial charge in [-0.3, -0.25) is 0 Å². The van der Waals surface area contributed by atoms with Crippen LogP contribution >= 0.6 is 0 Å². The number of rotatable bonds is 9. The molecule has 1 rings (SSSR count). The molecule has 0 heterocycles. The fourth-order valence-corrected chi connectivity index (χ4v) is 1.60. The van der Waals surface area contributed by atoms with Crippen molar-refractivity contribution >= 4 is 11.9 Å². The highest BCUT2D eigenvalue weighted by atomic mass is 16.5. The second kappa shape index (κ2) is 8.63. The third-order valence-corrected chi connectivity index (χ3v) is 2.63. The van der Waals surface area contributed by atoms with E-state index < -0.39 is 11.9 Å². The number of carbonyl (C=O) groups excluding carboxylic acids is 1. The van der Waals surface area contributed by atoms with Crippen molar-refractivity contribution in [2.24, 2.45) is 0 Å². The van der Waals surface area contributed by atoms with Crippen molar-refractivity contribution < 1.29 is 28.9 Å². The van der Waals surface area contributed by atoms with E-state index in [1.165, 1.54) is 13.2 Å². The molecule has 0 spiro atoms. The molecule has 6 heteroatoms. The SMILES string of the molecule is C=CC(=O)OCCCCOc1c(OC)cccc1C(=O)O. The molecule has 1 N–H and O–H groups in total. The van der Waals surface area contributed by atoms with Crippen molar-refractivity contribution in [2.45, 2.75) is 12.8 Å². The van der Waals surface area contributed by atoms with Gasteiger partial charge in [0.1, 0.15) is 5.56 Å². The lowest BCUT2D eigenvalue weighted by Gasteiger charge is -2.13. The van der Waals surface area contributed by atoms with Crippen LogP contribution in [0.4, 0.5) is 0 Å². The van der Waals surface area contributed by atoms with Crippen molar-refractivity contribution in [1.82, 2.24) is 0 Å². The molecule has 21 heavy (non-hydrogen) atoms. The highest BCUT2D eigenvalue weighted by Crippen LogP contribution is 2.31. The van der Waals surface area contributed by atoms with E-state index in [2.05, 4.69) is 6.58 Å². The van der Waals surface area contributed by atoms with Crippen LogP contribution in [0.15, 0.2) is 30.9 Å². The number of unbranched alkanes of at least 4 members (excludes halogenated alkanes) is 1. The molecule has 0 saturated carbocycles. The Morgan fingerprint density at radius 2 is 2.00 bits per heavy atom. The number of hydrogen-bond donors (Lipinski definition) is 1. The Hall–Kier alpha value is -2.50. The monoisotopic (exact) mass is 294 g/mol. The third-order valence-electron chi connectivity index (χ3n) is 2.63. The van der Waals surface area contributed by atoms with E-state index in [1.807, 2.05) is 0 Å². The van der Waals surface area contributed by atoms with Crippen molar-refractivity contribution in [3.63, 3.8) is 0 Å². The molecule has 0 bridgehead atoms. The zero-order valence-electron chi connectivity index (χ0n) is 11.8. The van der Waals surface area contributed by atoms with Crippen molar-refractivity contribution in [3.05, 3.63) is 36.4 Å². The number of carbonyl (C=O) groups is 2. The topological polar surface area (TPSA) is 82.1 Å². The maximum atomic E-state index is 11.1. The molecule has 114 valence electrons. The second-order valence-corrected chi connectivity index (χ2v) is 4.07. The fourth-order valence-electron chi connectivity index (χ4n) is 1.60. The summed E-state index contributed by atoms with van der Waals surface area (Å²) in [5.41, 5.74) is 0.0486. The molecule has 0 amide bonds. The summed E-state index contributed by atoms with van der Waals surface area (Å²) in [5, 5.41) is 9.11. The summed E-state index contributed by atoms with van der Waals surface area (Å²) in [6.07, 6.45) is 2.32. The molecule has 0 aliphatic carbocycles. The van der Waals surface area contributed by atoms with Crippen LogP contribution in [0, 0.1) is 0 Å². The highest BCUT2D eigenvalue weighted by Gasteiger charge is 2.15. The van der Waals surface area contributed by atoms with E-state index >= 15 is 0 Å². The van der Waals surface area contributed by atoms with Crippen molar-refractivity contribution in [1.29, 1.82) is 0 Å². The Morgan fingerprint density at radius 3 is 2.62 bits per heavy atom. The summed E-state index contributed by atoms with van der Waals surface area (Å²) in [7, 11) is 1.45. The summed E-state index contributed by atoms with van der Waals surface area (Å²) in [6, 6.07) is 4.67. The molecule has 6 nitrogen and oxygen atoms in total.